The Morgan fingerprint density at radius 2 is 2.00 bits per heavy atom. The summed E-state index contributed by atoms with van der Waals surface area (Å²) >= 11 is 0. The van der Waals surface area contributed by atoms with Crippen molar-refractivity contribution < 1.29 is 14.3 Å². The van der Waals surface area contributed by atoms with Crippen LogP contribution in [0.25, 0.3) is 0 Å². The van der Waals surface area contributed by atoms with Crippen LogP contribution in [0.2, 0.25) is 0 Å². The largest absolute Gasteiger partial charge is 0.352 e. The van der Waals surface area contributed by atoms with E-state index in [9.17, 15) is 4.79 Å². The van der Waals surface area contributed by atoms with Crippen molar-refractivity contribution in [3.63, 3.8) is 0 Å². The Morgan fingerprint density at radius 1 is 1.28 bits per heavy atom. The summed E-state index contributed by atoms with van der Waals surface area (Å²) in [5, 5.41) is 0. The van der Waals surface area contributed by atoms with Crippen LogP contribution in [0.5, 0.6) is 0 Å². The van der Waals surface area contributed by atoms with E-state index in [0.29, 0.717) is 6.42 Å². The molecule has 0 atom stereocenters. The van der Waals surface area contributed by atoms with E-state index in [-0.39, 0.29) is 12.1 Å². The number of carbonyl (C=O) groups excluding carboxylic acids is 1. The van der Waals surface area contributed by atoms with Gasteiger partial charge in [0.1, 0.15) is 0 Å². The topological polar surface area (TPSA) is 35.5 Å². The molecule has 0 aliphatic rings. The molecule has 102 valence electrons. The average Bonchev–Trinajstić information content (AvgIpc) is 2.39. The molecule has 0 unspecified atom stereocenters. The second kappa shape index (κ2) is 12.3. The molecule has 0 aromatic rings. The third-order valence-electron chi connectivity index (χ3n) is 2.42. The van der Waals surface area contributed by atoms with E-state index < -0.39 is 0 Å². The zero-order valence-corrected chi connectivity index (χ0v) is 11.7. The molecule has 0 fully saturated rings. The molecule has 0 aromatic carbocycles. The molecular weight excluding hydrogens is 228 g/mol. The number of allylic oxidation sites excluding steroid dienone is 1. The molecule has 0 aromatic heterocycles. The van der Waals surface area contributed by atoms with Gasteiger partial charge in [0.2, 0.25) is 5.78 Å². The van der Waals surface area contributed by atoms with Gasteiger partial charge < -0.3 is 9.47 Å². The summed E-state index contributed by atoms with van der Waals surface area (Å²) in [7, 11) is 3.18. The van der Waals surface area contributed by atoms with Crippen molar-refractivity contribution in [3.8, 4) is 11.8 Å². The lowest BCUT2D eigenvalue weighted by atomic mass is 10.1. The number of methoxy groups -OCH3 is 2. The Kier molecular flexibility index (Phi) is 11.6. The molecule has 0 amide bonds. The molecule has 18 heavy (non-hydrogen) atoms. The van der Waals surface area contributed by atoms with Crippen molar-refractivity contribution in [2.45, 2.75) is 51.7 Å². The van der Waals surface area contributed by atoms with Crippen LogP contribution in [0.15, 0.2) is 12.2 Å². The van der Waals surface area contributed by atoms with Crippen LogP contribution in [0.3, 0.4) is 0 Å². The fourth-order valence-electron chi connectivity index (χ4n) is 1.33. The molecule has 0 aliphatic carbocycles. The number of hydrogen-bond donors (Lipinski definition) is 0. The Hall–Kier alpha value is -1.11. The summed E-state index contributed by atoms with van der Waals surface area (Å²) in [6.45, 7) is 2.11. The van der Waals surface area contributed by atoms with Crippen molar-refractivity contribution in [2.24, 2.45) is 0 Å². The van der Waals surface area contributed by atoms with Crippen LogP contribution in [0.1, 0.15) is 45.4 Å². The van der Waals surface area contributed by atoms with Crippen molar-refractivity contribution in [3.05, 3.63) is 12.2 Å². The summed E-state index contributed by atoms with van der Waals surface area (Å²) in [5.74, 6) is 5.62. The highest BCUT2D eigenvalue weighted by atomic mass is 16.7. The first-order valence-electron chi connectivity index (χ1n) is 6.48. The molecule has 0 heterocycles. The molecule has 3 heteroatoms. The number of carbonyl (C=O) groups is 1. The zero-order chi connectivity index (χ0) is 13.6. The highest BCUT2D eigenvalue weighted by Gasteiger charge is 1.98. The van der Waals surface area contributed by atoms with Gasteiger partial charge in [-0.3, -0.25) is 4.79 Å². The van der Waals surface area contributed by atoms with Crippen molar-refractivity contribution in [2.75, 3.05) is 14.2 Å². The van der Waals surface area contributed by atoms with Crippen LogP contribution in [0, 0.1) is 11.8 Å². The summed E-state index contributed by atoms with van der Waals surface area (Å²) in [6.07, 6.45) is 8.71. The van der Waals surface area contributed by atoms with Gasteiger partial charge in [0.05, 0.1) is 0 Å². The van der Waals surface area contributed by atoms with Gasteiger partial charge in [-0.15, -0.1) is 0 Å². The fourth-order valence-corrected chi connectivity index (χ4v) is 1.33. The number of Topliss-reactive ketones (excluding diaryl/α,β-unsaturated/α-hetero) is 1. The maximum Gasteiger partial charge on any atom is 0.205 e. The smallest absolute Gasteiger partial charge is 0.205 e. The van der Waals surface area contributed by atoms with E-state index in [1.165, 1.54) is 0 Å². The fraction of sp³-hybridized carbons (Fsp3) is 0.667. The Bertz CT molecular complexity index is 293. The highest BCUT2D eigenvalue weighted by Crippen LogP contribution is 2.00. The van der Waals surface area contributed by atoms with Crippen molar-refractivity contribution >= 4 is 5.78 Å². The molecule has 0 spiro atoms. The Balaban J connectivity index is 3.64. The number of rotatable bonds is 9. The molecule has 0 saturated heterocycles. The molecule has 0 radical (unpaired) electrons. The monoisotopic (exact) mass is 252 g/mol. The Morgan fingerprint density at radius 3 is 2.61 bits per heavy atom. The van der Waals surface area contributed by atoms with Crippen LogP contribution in [0.4, 0.5) is 0 Å². The predicted octanol–water partition coefficient (Wildman–Crippen LogP) is 3.09. The van der Waals surface area contributed by atoms with Crippen molar-refractivity contribution in [1.29, 1.82) is 0 Å². The lowest BCUT2D eigenvalue weighted by molar-refractivity contribution is -0.113. The minimum atomic E-state index is -0.297. The minimum Gasteiger partial charge on any atom is -0.352 e. The van der Waals surface area contributed by atoms with Gasteiger partial charge in [0, 0.05) is 27.1 Å². The number of hydrogen-bond acceptors (Lipinski definition) is 3. The first-order valence-corrected chi connectivity index (χ1v) is 6.48. The van der Waals surface area contributed by atoms with E-state index in [0.717, 1.165) is 32.1 Å². The normalized spacial score (nSPS) is 10.7. The van der Waals surface area contributed by atoms with E-state index >= 15 is 0 Å². The third kappa shape index (κ3) is 10.1. The summed E-state index contributed by atoms with van der Waals surface area (Å²) in [5.41, 5.74) is 0. The molecule has 0 rings (SSSR count). The van der Waals surface area contributed by atoms with Gasteiger partial charge in [-0.1, -0.05) is 25.3 Å². The second-order valence-electron chi connectivity index (χ2n) is 3.99. The lowest BCUT2D eigenvalue weighted by Gasteiger charge is -2.06. The Labute approximate surface area is 111 Å². The van der Waals surface area contributed by atoms with E-state index in [2.05, 4.69) is 18.8 Å². The van der Waals surface area contributed by atoms with Crippen LogP contribution >= 0.6 is 0 Å². The number of unbranched alkanes of at least 4 members (excludes halogenated alkanes) is 3. The molecular formula is C15H24O3. The minimum absolute atomic E-state index is 0.0366. The van der Waals surface area contributed by atoms with E-state index in [1.807, 2.05) is 12.2 Å². The summed E-state index contributed by atoms with van der Waals surface area (Å²) in [6, 6.07) is 0. The third-order valence-corrected chi connectivity index (χ3v) is 2.42. The molecule has 0 aliphatic heterocycles. The number of ether oxygens (including phenoxy) is 2. The maximum absolute atomic E-state index is 11.4. The quantitative estimate of drug-likeness (QED) is 0.208. The van der Waals surface area contributed by atoms with Gasteiger partial charge in [-0.05, 0) is 31.3 Å². The zero-order valence-electron chi connectivity index (χ0n) is 11.7. The maximum atomic E-state index is 11.4. The second-order valence-corrected chi connectivity index (χ2v) is 3.99. The molecule has 0 bridgehead atoms. The SMILES string of the molecule is CCCCC#CC(=O)CCC/C=C/C(OC)OC. The summed E-state index contributed by atoms with van der Waals surface area (Å²) in [4.78, 5) is 11.4. The van der Waals surface area contributed by atoms with Crippen LogP contribution in [-0.4, -0.2) is 26.3 Å². The molecule has 0 N–H and O–H groups in total. The lowest BCUT2D eigenvalue weighted by Crippen LogP contribution is -2.08. The van der Waals surface area contributed by atoms with E-state index in [1.54, 1.807) is 14.2 Å². The van der Waals surface area contributed by atoms with Gasteiger partial charge in [-0.25, -0.2) is 0 Å². The molecule has 3 nitrogen and oxygen atoms in total. The summed E-state index contributed by atoms with van der Waals surface area (Å²) < 4.78 is 10.0. The molecule has 0 saturated carbocycles. The standard InChI is InChI=1S/C15H24O3/c1-4-5-6-8-11-14(16)12-9-7-10-13-15(17-2)18-3/h10,13,15H,4-7,9,12H2,1-3H3/b13-10+. The van der Waals surface area contributed by atoms with E-state index in [4.69, 9.17) is 9.47 Å². The first kappa shape index (κ1) is 16.9. The van der Waals surface area contributed by atoms with Crippen LogP contribution < -0.4 is 0 Å². The van der Waals surface area contributed by atoms with Crippen molar-refractivity contribution in [1.82, 2.24) is 0 Å². The van der Waals surface area contributed by atoms with Gasteiger partial charge in [0.15, 0.2) is 6.29 Å². The highest BCUT2D eigenvalue weighted by molar-refractivity contribution is 5.95. The van der Waals surface area contributed by atoms with Gasteiger partial charge >= 0.3 is 0 Å². The predicted molar refractivity (Wildman–Crippen MR) is 73.1 cm³/mol. The van der Waals surface area contributed by atoms with Gasteiger partial charge in [-0.2, -0.15) is 0 Å². The first-order chi connectivity index (χ1) is 8.74. The van der Waals surface area contributed by atoms with Gasteiger partial charge in [0.25, 0.3) is 0 Å². The number of ketones is 1. The van der Waals surface area contributed by atoms with Crippen LogP contribution in [-0.2, 0) is 14.3 Å². The average molecular weight is 252 g/mol.